The highest BCUT2D eigenvalue weighted by atomic mass is 35.5. The minimum atomic E-state index is -0.403. The number of rotatable bonds is 0. The fourth-order valence-corrected chi connectivity index (χ4v) is 1.59. The molecule has 1 fully saturated rings. The molecule has 1 aliphatic rings. The van der Waals surface area contributed by atoms with Gasteiger partial charge in [0.1, 0.15) is 5.60 Å². The van der Waals surface area contributed by atoms with Crippen molar-refractivity contribution in [1.29, 1.82) is 0 Å². The molecule has 1 unspecified atom stereocenters. The van der Waals surface area contributed by atoms with E-state index in [9.17, 15) is 4.79 Å². The highest BCUT2D eigenvalue weighted by Crippen LogP contribution is 2.11. The summed E-state index contributed by atoms with van der Waals surface area (Å²) in [5.41, 5.74) is -0.403. The van der Waals surface area contributed by atoms with Crippen molar-refractivity contribution in [3.05, 3.63) is 0 Å². The maximum atomic E-state index is 11.8. The minimum absolute atomic E-state index is 0. The van der Waals surface area contributed by atoms with E-state index in [1.165, 1.54) is 0 Å². The summed E-state index contributed by atoms with van der Waals surface area (Å²) in [5, 5.41) is 3.30. The Morgan fingerprint density at radius 3 is 2.62 bits per heavy atom. The van der Waals surface area contributed by atoms with Crippen molar-refractivity contribution in [3.8, 4) is 0 Å². The van der Waals surface area contributed by atoms with Crippen molar-refractivity contribution < 1.29 is 9.53 Å². The van der Waals surface area contributed by atoms with Gasteiger partial charge in [-0.05, 0) is 33.2 Å². The zero-order valence-corrected chi connectivity index (χ0v) is 11.4. The van der Waals surface area contributed by atoms with Crippen molar-refractivity contribution in [2.24, 2.45) is 5.92 Å². The van der Waals surface area contributed by atoms with E-state index in [1.807, 2.05) is 20.8 Å². The Labute approximate surface area is 104 Å². The van der Waals surface area contributed by atoms with Crippen LogP contribution in [0.4, 0.5) is 4.79 Å². The molecule has 1 amide bonds. The first-order chi connectivity index (χ1) is 6.88. The number of hydrogen-bond donors (Lipinski definition) is 1. The molecule has 5 heteroatoms. The van der Waals surface area contributed by atoms with Gasteiger partial charge < -0.3 is 15.0 Å². The van der Waals surface area contributed by atoms with Gasteiger partial charge in [-0.15, -0.1) is 12.4 Å². The van der Waals surface area contributed by atoms with Gasteiger partial charge in [-0.1, -0.05) is 6.92 Å². The van der Waals surface area contributed by atoms with E-state index in [1.54, 1.807) is 4.90 Å². The molecule has 1 heterocycles. The SMILES string of the molecule is CC1CNCCN(C(=O)OC(C)(C)C)C1.Cl. The predicted octanol–water partition coefficient (Wildman–Crippen LogP) is 1.88. The first-order valence-corrected chi connectivity index (χ1v) is 5.57. The van der Waals surface area contributed by atoms with Crippen molar-refractivity contribution in [3.63, 3.8) is 0 Å². The molecule has 1 saturated heterocycles. The van der Waals surface area contributed by atoms with E-state index in [0.717, 1.165) is 26.2 Å². The largest absolute Gasteiger partial charge is 0.444 e. The second kappa shape index (κ2) is 6.30. The van der Waals surface area contributed by atoms with Crippen LogP contribution in [0.3, 0.4) is 0 Å². The number of nitrogens with zero attached hydrogens (tertiary/aromatic N) is 1. The molecule has 0 aromatic rings. The summed E-state index contributed by atoms with van der Waals surface area (Å²) in [4.78, 5) is 13.6. The molecule has 0 saturated carbocycles. The van der Waals surface area contributed by atoms with E-state index in [4.69, 9.17) is 4.74 Å². The van der Waals surface area contributed by atoms with Gasteiger partial charge in [-0.3, -0.25) is 0 Å². The molecular weight excluding hydrogens is 228 g/mol. The highest BCUT2D eigenvalue weighted by molar-refractivity contribution is 5.85. The third-order valence-corrected chi connectivity index (χ3v) is 2.24. The summed E-state index contributed by atoms with van der Waals surface area (Å²) in [6.07, 6.45) is -0.196. The fourth-order valence-electron chi connectivity index (χ4n) is 1.59. The Kier molecular flexibility index (Phi) is 6.11. The van der Waals surface area contributed by atoms with Crippen LogP contribution in [-0.4, -0.2) is 42.8 Å². The van der Waals surface area contributed by atoms with Gasteiger partial charge in [0.2, 0.25) is 0 Å². The standard InChI is InChI=1S/C11H22N2O2.ClH/c1-9-7-12-5-6-13(8-9)10(14)15-11(2,3)4;/h9,12H,5-8H2,1-4H3;1H. The van der Waals surface area contributed by atoms with Crippen molar-refractivity contribution in [2.45, 2.75) is 33.3 Å². The topological polar surface area (TPSA) is 41.6 Å². The lowest BCUT2D eigenvalue weighted by atomic mass is 10.2. The van der Waals surface area contributed by atoms with Gasteiger partial charge in [0.05, 0.1) is 0 Å². The van der Waals surface area contributed by atoms with Crippen LogP contribution in [-0.2, 0) is 4.74 Å². The maximum absolute atomic E-state index is 11.8. The zero-order valence-electron chi connectivity index (χ0n) is 10.6. The number of amides is 1. The van der Waals surface area contributed by atoms with Crippen molar-refractivity contribution in [1.82, 2.24) is 10.2 Å². The number of nitrogens with one attached hydrogen (secondary N) is 1. The summed E-state index contributed by atoms with van der Waals surface area (Å²) in [7, 11) is 0. The molecule has 0 radical (unpaired) electrons. The zero-order chi connectivity index (χ0) is 11.5. The predicted molar refractivity (Wildman–Crippen MR) is 67.1 cm³/mol. The van der Waals surface area contributed by atoms with Gasteiger partial charge in [0.25, 0.3) is 0 Å². The average molecular weight is 251 g/mol. The van der Waals surface area contributed by atoms with Gasteiger partial charge in [0.15, 0.2) is 0 Å². The number of ether oxygens (including phenoxy) is 1. The van der Waals surface area contributed by atoms with Crippen molar-refractivity contribution >= 4 is 18.5 Å². The molecule has 0 aliphatic carbocycles. The third kappa shape index (κ3) is 5.56. The van der Waals surface area contributed by atoms with E-state index in [0.29, 0.717) is 5.92 Å². The molecule has 0 aromatic carbocycles. The lowest BCUT2D eigenvalue weighted by molar-refractivity contribution is 0.0245. The Bertz CT molecular complexity index is 229. The number of hydrogen-bond acceptors (Lipinski definition) is 3. The van der Waals surface area contributed by atoms with Crippen LogP contribution in [0.1, 0.15) is 27.7 Å². The monoisotopic (exact) mass is 250 g/mol. The minimum Gasteiger partial charge on any atom is -0.444 e. The molecule has 1 atom stereocenters. The first kappa shape index (κ1) is 15.5. The van der Waals surface area contributed by atoms with Crippen LogP contribution in [0.5, 0.6) is 0 Å². The Morgan fingerprint density at radius 2 is 2.06 bits per heavy atom. The molecule has 1 aliphatic heterocycles. The van der Waals surface area contributed by atoms with Gasteiger partial charge in [-0.2, -0.15) is 0 Å². The Balaban J connectivity index is 0.00000225. The molecule has 16 heavy (non-hydrogen) atoms. The maximum Gasteiger partial charge on any atom is 0.410 e. The number of carbonyl (C=O) groups is 1. The average Bonchev–Trinajstić information content (AvgIpc) is 2.26. The van der Waals surface area contributed by atoms with Crippen LogP contribution >= 0.6 is 12.4 Å². The normalized spacial score (nSPS) is 22.0. The van der Waals surface area contributed by atoms with Crippen LogP contribution in [0.2, 0.25) is 0 Å². The molecule has 0 spiro atoms. The van der Waals surface area contributed by atoms with Crippen LogP contribution in [0.25, 0.3) is 0 Å². The van der Waals surface area contributed by atoms with E-state index in [2.05, 4.69) is 12.2 Å². The smallest absolute Gasteiger partial charge is 0.410 e. The molecule has 0 aromatic heterocycles. The number of halogens is 1. The molecule has 1 N–H and O–H groups in total. The quantitative estimate of drug-likeness (QED) is 0.714. The highest BCUT2D eigenvalue weighted by Gasteiger charge is 2.24. The van der Waals surface area contributed by atoms with E-state index in [-0.39, 0.29) is 18.5 Å². The van der Waals surface area contributed by atoms with E-state index < -0.39 is 5.60 Å². The van der Waals surface area contributed by atoms with Crippen molar-refractivity contribution in [2.75, 3.05) is 26.2 Å². The van der Waals surface area contributed by atoms with Crippen LogP contribution in [0.15, 0.2) is 0 Å². The van der Waals surface area contributed by atoms with Gasteiger partial charge in [0, 0.05) is 19.6 Å². The second-order valence-electron chi connectivity index (χ2n) is 5.24. The Morgan fingerprint density at radius 1 is 1.44 bits per heavy atom. The Hall–Kier alpha value is -0.480. The van der Waals surface area contributed by atoms with Crippen LogP contribution < -0.4 is 5.32 Å². The second-order valence-corrected chi connectivity index (χ2v) is 5.24. The summed E-state index contributed by atoms with van der Waals surface area (Å²) in [6, 6.07) is 0. The first-order valence-electron chi connectivity index (χ1n) is 5.57. The number of carbonyl (C=O) groups excluding carboxylic acids is 1. The van der Waals surface area contributed by atoms with Gasteiger partial charge >= 0.3 is 6.09 Å². The van der Waals surface area contributed by atoms with E-state index >= 15 is 0 Å². The lowest BCUT2D eigenvalue weighted by Gasteiger charge is -2.27. The van der Waals surface area contributed by atoms with Crippen LogP contribution in [0, 0.1) is 5.92 Å². The molecule has 96 valence electrons. The summed E-state index contributed by atoms with van der Waals surface area (Å²) in [6.45, 7) is 11.2. The molecule has 1 rings (SSSR count). The van der Waals surface area contributed by atoms with Gasteiger partial charge in [-0.25, -0.2) is 4.79 Å². The molecule has 4 nitrogen and oxygen atoms in total. The molecule has 0 bridgehead atoms. The molecular formula is C11H23ClN2O2. The summed E-state index contributed by atoms with van der Waals surface area (Å²) in [5.74, 6) is 0.486. The fraction of sp³-hybridized carbons (Fsp3) is 0.909. The lowest BCUT2D eigenvalue weighted by Crippen LogP contribution is -2.39. The summed E-state index contributed by atoms with van der Waals surface area (Å²) < 4.78 is 5.34. The summed E-state index contributed by atoms with van der Waals surface area (Å²) >= 11 is 0. The third-order valence-electron chi connectivity index (χ3n) is 2.24.